The standard InChI is InChI=1S/C16H17F2NO/c1-19-16(12-3-5-15(20-2)6-4-12)9-11-7-13(17)10-14(18)8-11/h3-8,10,16,19H,9H2,1-2H3. The molecule has 0 heterocycles. The maximum absolute atomic E-state index is 13.2. The van der Waals surface area contributed by atoms with Crippen LogP contribution in [0.3, 0.4) is 0 Å². The van der Waals surface area contributed by atoms with E-state index in [0.29, 0.717) is 12.0 Å². The van der Waals surface area contributed by atoms with Crippen molar-refractivity contribution in [3.05, 3.63) is 65.2 Å². The van der Waals surface area contributed by atoms with Crippen LogP contribution in [0.25, 0.3) is 0 Å². The maximum atomic E-state index is 13.2. The first-order chi connectivity index (χ1) is 9.62. The number of hydrogen-bond acceptors (Lipinski definition) is 2. The van der Waals surface area contributed by atoms with E-state index >= 15 is 0 Å². The molecule has 1 N–H and O–H groups in total. The molecule has 20 heavy (non-hydrogen) atoms. The number of ether oxygens (including phenoxy) is 1. The SMILES string of the molecule is CNC(Cc1cc(F)cc(F)c1)c1ccc(OC)cc1. The third-order valence-electron chi connectivity index (χ3n) is 3.23. The van der Waals surface area contributed by atoms with Gasteiger partial charge in [-0.05, 0) is 48.9 Å². The minimum Gasteiger partial charge on any atom is -0.497 e. The third-order valence-corrected chi connectivity index (χ3v) is 3.23. The quantitative estimate of drug-likeness (QED) is 0.903. The Morgan fingerprint density at radius 3 is 2.15 bits per heavy atom. The number of halogens is 2. The van der Waals surface area contributed by atoms with Crippen LogP contribution in [0.15, 0.2) is 42.5 Å². The van der Waals surface area contributed by atoms with Crippen LogP contribution in [-0.2, 0) is 6.42 Å². The van der Waals surface area contributed by atoms with Crippen molar-refractivity contribution in [2.75, 3.05) is 14.2 Å². The summed E-state index contributed by atoms with van der Waals surface area (Å²) in [4.78, 5) is 0. The maximum Gasteiger partial charge on any atom is 0.126 e. The van der Waals surface area contributed by atoms with E-state index in [9.17, 15) is 8.78 Å². The number of hydrogen-bond donors (Lipinski definition) is 1. The highest BCUT2D eigenvalue weighted by Crippen LogP contribution is 2.22. The lowest BCUT2D eigenvalue weighted by Gasteiger charge is -2.17. The molecule has 4 heteroatoms. The zero-order valence-electron chi connectivity index (χ0n) is 11.5. The van der Waals surface area contributed by atoms with Crippen molar-refractivity contribution in [3.8, 4) is 5.75 Å². The summed E-state index contributed by atoms with van der Waals surface area (Å²) in [6, 6.07) is 11.2. The van der Waals surface area contributed by atoms with Gasteiger partial charge < -0.3 is 10.1 Å². The van der Waals surface area contributed by atoms with E-state index in [2.05, 4.69) is 5.32 Å². The van der Waals surface area contributed by atoms with E-state index in [0.717, 1.165) is 17.4 Å². The van der Waals surface area contributed by atoms with Crippen LogP contribution in [0.4, 0.5) is 8.78 Å². The minimum atomic E-state index is -0.551. The zero-order chi connectivity index (χ0) is 14.5. The second-order valence-corrected chi connectivity index (χ2v) is 4.60. The Bertz CT molecular complexity index is 549. The lowest BCUT2D eigenvalue weighted by molar-refractivity contribution is 0.414. The molecule has 0 amide bonds. The molecule has 0 aliphatic heterocycles. The predicted octanol–water partition coefficient (Wildman–Crippen LogP) is 3.48. The van der Waals surface area contributed by atoms with Gasteiger partial charge in [-0.1, -0.05) is 12.1 Å². The van der Waals surface area contributed by atoms with Crippen molar-refractivity contribution in [1.29, 1.82) is 0 Å². The number of likely N-dealkylation sites (N-methyl/N-ethyl adjacent to an activating group) is 1. The van der Waals surface area contributed by atoms with E-state index in [1.807, 2.05) is 31.3 Å². The lowest BCUT2D eigenvalue weighted by atomic mass is 9.99. The average molecular weight is 277 g/mol. The number of nitrogens with one attached hydrogen (secondary N) is 1. The Balaban J connectivity index is 2.19. The van der Waals surface area contributed by atoms with E-state index in [-0.39, 0.29) is 6.04 Å². The van der Waals surface area contributed by atoms with Crippen molar-refractivity contribution in [1.82, 2.24) is 5.32 Å². The fourth-order valence-corrected chi connectivity index (χ4v) is 2.19. The second-order valence-electron chi connectivity index (χ2n) is 4.60. The topological polar surface area (TPSA) is 21.3 Å². The summed E-state index contributed by atoms with van der Waals surface area (Å²) in [7, 11) is 3.44. The summed E-state index contributed by atoms with van der Waals surface area (Å²) in [5.41, 5.74) is 1.66. The van der Waals surface area contributed by atoms with E-state index in [4.69, 9.17) is 4.74 Å². The normalized spacial score (nSPS) is 12.2. The van der Waals surface area contributed by atoms with Gasteiger partial charge in [0.15, 0.2) is 0 Å². The Labute approximate surface area is 117 Å². The highest BCUT2D eigenvalue weighted by atomic mass is 19.1. The molecule has 0 aliphatic carbocycles. The minimum absolute atomic E-state index is 0.0119. The van der Waals surface area contributed by atoms with Gasteiger partial charge in [-0.3, -0.25) is 0 Å². The monoisotopic (exact) mass is 277 g/mol. The first-order valence-corrected chi connectivity index (χ1v) is 6.38. The van der Waals surface area contributed by atoms with Crippen LogP contribution in [-0.4, -0.2) is 14.2 Å². The second kappa shape index (κ2) is 6.48. The van der Waals surface area contributed by atoms with Crippen LogP contribution in [0, 0.1) is 11.6 Å². The van der Waals surface area contributed by atoms with Crippen LogP contribution in [0.2, 0.25) is 0 Å². The summed E-state index contributed by atoms with van der Waals surface area (Å²) in [5.74, 6) is -0.324. The molecular weight excluding hydrogens is 260 g/mol. The van der Waals surface area contributed by atoms with Gasteiger partial charge in [-0.15, -0.1) is 0 Å². The van der Waals surface area contributed by atoms with Gasteiger partial charge >= 0.3 is 0 Å². The van der Waals surface area contributed by atoms with Crippen molar-refractivity contribution >= 4 is 0 Å². The molecule has 2 rings (SSSR count). The van der Waals surface area contributed by atoms with Crippen LogP contribution < -0.4 is 10.1 Å². The van der Waals surface area contributed by atoms with E-state index in [1.165, 1.54) is 12.1 Å². The molecule has 2 nitrogen and oxygen atoms in total. The Hall–Kier alpha value is -1.94. The lowest BCUT2D eigenvalue weighted by Crippen LogP contribution is -2.19. The first-order valence-electron chi connectivity index (χ1n) is 6.38. The molecule has 0 radical (unpaired) electrons. The average Bonchev–Trinajstić information content (AvgIpc) is 2.44. The summed E-state index contributed by atoms with van der Waals surface area (Å²) < 4.78 is 31.5. The van der Waals surface area contributed by atoms with Gasteiger partial charge in [-0.2, -0.15) is 0 Å². The zero-order valence-corrected chi connectivity index (χ0v) is 11.5. The molecule has 2 aromatic rings. The Morgan fingerprint density at radius 2 is 1.65 bits per heavy atom. The first kappa shape index (κ1) is 14.5. The highest BCUT2D eigenvalue weighted by molar-refractivity contribution is 5.30. The number of benzene rings is 2. The fraction of sp³-hybridized carbons (Fsp3) is 0.250. The van der Waals surface area contributed by atoms with Crippen molar-refractivity contribution < 1.29 is 13.5 Å². The van der Waals surface area contributed by atoms with Gasteiger partial charge in [-0.25, -0.2) is 8.78 Å². The fourth-order valence-electron chi connectivity index (χ4n) is 2.19. The summed E-state index contributed by atoms with van der Waals surface area (Å²) in [6.07, 6.45) is 0.511. The largest absolute Gasteiger partial charge is 0.497 e. The van der Waals surface area contributed by atoms with Gasteiger partial charge in [0.2, 0.25) is 0 Å². The van der Waals surface area contributed by atoms with Crippen LogP contribution in [0.1, 0.15) is 17.2 Å². The molecule has 0 fully saturated rings. The summed E-state index contributed by atoms with van der Waals surface area (Å²) >= 11 is 0. The Kier molecular flexibility index (Phi) is 4.69. The molecule has 0 saturated carbocycles. The molecule has 0 saturated heterocycles. The molecule has 0 spiro atoms. The summed E-state index contributed by atoms with van der Waals surface area (Å²) in [6.45, 7) is 0. The Morgan fingerprint density at radius 1 is 1.05 bits per heavy atom. The molecule has 1 atom stereocenters. The van der Waals surface area contributed by atoms with Crippen LogP contribution >= 0.6 is 0 Å². The van der Waals surface area contributed by atoms with E-state index in [1.54, 1.807) is 7.11 Å². The molecule has 1 unspecified atom stereocenters. The highest BCUT2D eigenvalue weighted by Gasteiger charge is 2.11. The molecule has 0 aliphatic rings. The van der Waals surface area contributed by atoms with Gasteiger partial charge in [0.25, 0.3) is 0 Å². The van der Waals surface area contributed by atoms with Crippen LogP contribution in [0.5, 0.6) is 5.75 Å². The molecule has 0 aromatic heterocycles. The van der Waals surface area contributed by atoms with Crippen molar-refractivity contribution in [2.24, 2.45) is 0 Å². The van der Waals surface area contributed by atoms with Crippen molar-refractivity contribution in [2.45, 2.75) is 12.5 Å². The van der Waals surface area contributed by atoms with Crippen molar-refractivity contribution in [3.63, 3.8) is 0 Å². The van der Waals surface area contributed by atoms with Gasteiger partial charge in [0.05, 0.1) is 7.11 Å². The molecular formula is C16H17F2NO. The predicted molar refractivity (Wildman–Crippen MR) is 74.9 cm³/mol. The van der Waals surface area contributed by atoms with E-state index < -0.39 is 11.6 Å². The van der Waals surface area contributed by atoms with Gasteiger partial charge in [0, 0.05) is 12.1 Å². The number of rotatable bonds is 5. The smallest absolute Gasteiger partial charge is 0.126 e. The van der Waals surface area contributed by atoms with Gasteiger partial charge in [0.1, 0.15) is 17.4 Å². The molecule has 106 valence electrons. The third kappa shape index (κ3) is 3.54. The molecule has 2 aromatic carbocycles. The number of methoxy groups -OCH3 is 1. The summed E-state index contributed by atoms with van der Waals surface area (Å²) in [5, 5.41) is 3.16. The molecule has 0 bridgehead atoms.